The molecule has 1 rings (SSSR count). The van der Waals surface area contributed by atoms with Crippen LogP contribution in [0.4, 0.5) is 0 Å². The minimum absolute atomic E-state index is 0. The Bertz CT molecular complexity index is 549. The van der Waals surface area contributed by atoms with Gasteiger partial charge >= 0.3 is 0 Å². The number of nitrogens with one attached hydrogen (secondary N) is 1. The first kappa shape index (κ1) is 23.4. The van der Waals surface area contributed by atoms with Gasteiger partial charge in [0.15, 0.2) is 0 Å². The highest BCUT2D eigenvalue weighted by Crippen LogP contribution is 2.15. The molecule has 0 spiro atoms. The second kappa shape index (κ2) is 11.1. The van der Waals surface area contributed by atoms with Crippen LogP contribution >= 0.6 is 12.4 Å². The quantitative estimate of drug-likeness (QED) is 0.643. The number of aryl methyl sites for hydroxylation is 1. The van der Waals surface area contributed by atoms with Crippen molar-refractivity contribution < 1.29 is 14.7 Å². The van der Waals surface area contributed by atoms with Gasteiger partial charge in [-0.1, -0.05) is 43.7 Å². The summed E-state index contributed by atoms with van der Waals surface area (Å²) in [6.07, 6.45) is -0.761. The molecule has 0 aliphatic carbocycles. The lowest BCUT2D eigenvalue weighted by atomic mass is 10.1. The molecule has 142 valence electrons. The Labute approximate surface area is 156 Å². The van der Waals surface area contributed by atoms with E-state index in [1.807, 2.05) is 52.0 Å². The van der Waals surface area contributed by atoms with Crippen LogP contribution in [-0.2, 0) is 9.59 Å². The van der Waals surface area contributed by atoms with Crippen LogP contribution in [0, 0.1) is 12.8 Å². The molecule has 0 heterocycles. The van der Waals surface area contributed by atoms with Crippen molar-refractivity contribution >= 4 is 24.2 Å². The zero-order chi connectivity index (χ0) is 18.3. The van der Waals surface area contributed by atoms with E-state index in [-0.39, 0.29) is 43.2 Å². The predicted octanol–water partition coefficient (Wildman–Crippen LogP) is 1.40. The second-order valence-electron chi connectivity index (χ2n) is 6.35. The number of carbonyl (C=O) groups is 2. The van der Waals surface area contributed by atoms with Gasteiger partial charge in [-0.25, -0.2) is 0 Å². The van der Waals surface area contributed by atoms with E-state index in [9.17, 15) is 14.7 Å². The fourth-order valence-electron chi connectivity index (χ4n) is 2.21. The first-order valence-corrected chi connectivity index (χ1v) is 8.32. The van der Waals surface area contributed by atoms with E-state index >= 15 is 0 Å². The minimum atomic E-state index is -0.761. The number of hydrogen-bond acceptors (Lipinski definition) is 4. The van der Waals surface area contributed by atoms with Crippen molar-refractivity contribution in [1.29, 1.82) is 0 Å². The Balaban J connectivity index is 0.00000576. The number of benzene rings is 1. The van der Waals surface area contributed by atoms with Crippen LogP contribution in [0.3, 0.4) is 0 Å². The van der Waals surface area contributed by atoms with Gasteiger partial charge < -0.3 is 21.1 Å². The van der Waals surface area contributed by atoms with E-state index in [1.54, 1.807) is 0 Å². The van der Waals surface area contributed by atoms with Crippen LogP contribution in [0.1, 0.15) is 38.0 Å². The SMILES string of the molecule is CCN(CC(O)c1ccc(C)cc1)C(=O)CNC(=O)[C@@H](N)C(C)C.Cl. The van der Waals surface area contributed by atoms with E-state index in [4.69, 9.17) is 5.73 Å². The highest BCUT2D eigenvalue weighted by atomic mass is 35.5. The number of rotatable bonds is 8. The molecular formula is C18H30ClN3O3. The van der Waals surface area contributed by atoms with Crippen LogP contribution in [0.2, 0.25) is 0 Å². The van der Waals surface area contributed by atoms with Crippen LogP contribution in [0.5, 0.6) is 0 Å². The molecule has 1 aromatic rings. The van der Waals surface area contributed by atoms with Crippen molar-refractivity contribution in [2.24, 2.45) is 11.7 Å². The molecule has 0 aromatic heterocycles. The van der Waals surface area contributed by atoms with Gasteiger partial charge in [-0.15, -0.1) is 12.4 Å². The number of aliphatic hydroxyl groups excluding tert-OH is 1. The molecule has 0 saturated carbocycles. The lowest BCUT2D eigenvalue weighted by molar-refractivity contribution is -0.134. The number of halogens is 1. The lowest BCUT2D eigenvalue weighted by Gasteiger charge is -2.25. The molecular weight excluding hydrogens is 342 g/mol. The fourth-order valence-corrected chi connectivity index (χ4v) is 2.21. The maximum absolute atomic E-state index is 12.3. The number of nitrogens with two attached hydrogens (primary N) is 1. The van der Waals surface area contributed by atoms with Gasteiger partial charge in [0.25, 0.3) is 0 Å². The molecule has 4 N–H and O–H groups in total. The summed E-state index contributed by atoms with van der Waals surface area (Å²) in [7, 11) is 0. The van der Waals surface area contributed by atoms with E-state index in [1.165, 1.54) is 4.90 Å². The number of aliphatic hydroxyl groups is 1. The van der Waals surface area contributed by atoms with Crippen LogP contribution in [0.15, 0.2) is 24.3 Å². The highest BCUT2D eigenvalue weighted by molar-refractivity contribution is 5.87. The van der Waals surface area contributed by atoms with Crippen molar-refractivity contribution in [1.82, 2.24) is 10.2 Å². The molecule has 7 heteroatoms. The molecule has 1 aromatic carbocycles. The number of likely N-dealkylation sites (N-methyl/N-ethyl adjacent to an activating group) is 1. The van der Waals surface area contributed by atoms with Gasteiger partial charge in [0.05, 0.1) is 25.2 Å². The molecule has 0 saturated heterocycles. The number of amides is 2. The standard InChI is InChI=1S/C18H29N3O3.ClH/c1-5-21(11-15(22)14-8-6-13(4)7-9-14)16(23)10-20-18(24)17(19)12(2)3;/h6-9,12,15,17,22H,5,10-11,19H2,1-4H3,(H,20,24);1H/t15?,17-;/m0./s1. The second-order valence-corrected chi connectivity index (χ2v) is 6.35. The largest absolute Gasteiger partial charge is 0.387 e. The molecule has 0 fully saturated rings. The van der Waals surface area contributed by atoms with Crippen molar-refractivity contribution in [2.75, 3.05) is 19.6 Å². The maximum Gasteiger partial charge on any atom is 0.242 e. The normalized spacial score (nSPS) is 12.9. The summed E-state index contributed by atoms with van der Waals surface area (Å²) in [5.74, 6) is -0.577. The lowest BCUT2D eigenvalue weighted by Crippen LogP contribution is -2.48. The van der Waals surface area contributed by atoms with Crippen molar-refractivity contribution in [3.05, 3.63) is 35.4 Å². The number of carbonyl (C=O) groups excluding carboxylic acids is 2. The summed E-state index contributed by atoms with van der Waals surface area (Å²) in [4.78, 5) is 25.6. The molecule has 25 heavy (non-hydrogen) atoms. The minimum Gasteiger partial charge on any atom is -0.387 e. The zero-order valence-electron chi connectivity index (χ0n) is 15.4. The Kier molecular flexibility index (Phi) is 10.4. The van der Waals surface area contributed by atoms with Gasteiger partial charge in [0.1, 0.15) is 0 Å². The van der Waals surface area contributed by atoms with Crippen molar-refractivity contribution in [3.8, 4) is 0 Å². The van der Waals surface area contributed by atoms with Gasteiger partial charge in [-0.2, -0.15) is 0 Å². The fraction of sp³-hybridized carbons (Fsp3) is 0.556. The predicted molar refractivity (Wildman–Crippen MR) is 101 cm³/mol. The van der Waals surface area contributed by atoms with Gasteiger partial charge in [-0.05, 0) is 25.3 Å². The first-order valence-electron chi connectivity index (χ1n) is 8.32. The van der Waals surface area contributed by atoms with E-state index in [0.717, 1.165) is 11.1 Å². The van der Waals surface area contributed by atoms with Gasteiger partial charge in [0.2, 0.25) is 11.8 Å². The smallest absolute Gasteiger partial charge is 0.242 e. The Hall–Kier alpha value is -1.63. The van der Waals surface area contributed by atoms with E-state index in [0.29, 0.717) is 6.54 Å². The maximum atomic E-state index is 12.3. The summed E-state index contributed by atoms with van der Waals surface area (Å²) in [6.45, 7) is 8.03. The van der Waals surface area contributed by atoms with Gasteiger partial charge in [-0.3, -0.25) is 9.59 Å². The molecule has 0 aliphatic heterocycles. The summed E-state index contributed by atoms with van der Waals surface area (Å²) in [6, 6.07) is 6.91. The van der Waals surface area contributed by atoms with Gasteiger partial charge in [0, 0.05) is 6.54 Å². The highest BCUT2D eigenvalue weighted by Gasteiger charge is 2.21. The monoisotopic (exact) mass is 371 g/mol. The summed E-state index contributed by atoms with van der Waals surface area (Å²) in [5, 5.41) is 12.9. The Morgan fingerprint density at radius 2 is 1.80 bits per heavy atom. The zero-order valence-corrected chi connectivity index (χ0v) is 16.2. The molecule has 0 aliphatic rings. The number of hydrogen-bond donors (Lipinski definition) is 3. The summed E-state index contributed by atoms with van der Waals surface area (Å²) < 4.78 is 0. The summed E-state index contributed by atoms with van der Waals surface area (Å²) in [5.41, 5.74) is 7.62. The topological polar surface area (TPSA) is 95.7 Å². The molecule has 1 unspecified atom stereocenters. The van der Waals surface area contributed by atoms with E-state index in [2.05, 4.69) is 5.32 Å². The molecule has 2 atom stereocenters. The molecule has 2 amide bonds. The van der Waals surface area contributed by atoms with Crippen LogP contribution in [-0.4, -0.2) is 47.5 Å². The average molecular weight is 372 g/mol. The average Bonchev–Trinajstić information content (AvgIpc) is 2.56. The Morgan fingerprint density at radius 3 is 2.28 bits per heavy atom. The van der Waals surface area contributed by atoms with Crippen LogP contribution in [0.25, 0.3) is 0 Å². The summed E-state index contributed by atoms with van der Waals surface area (Å²) >= 11 is 0. The third-order valence-electron chi connectivity index (χ3n) is 4.02. The number of nitrogens with zero attached hydrogens (tertiary/aromatic N) is 1. The first-order chi connectivity index (χ1) is 11.3. The molecule has 0 radical (unpaired) electrons. The van der Waals surface area contributed by atoms with Crippen molar-refractivity contribution in [2.45, 2.75) is 39.8 Å². The molecule has 6 nitrogen and oxygen atoms in total. The van der Waals surface area contributed by atoms with Crippen molar-refractivity contribution in [3.63, 3.8) is 0 Å². The Morgan fingerprint density at radius 1 is 1.24 bits per heavy atom. The molecule has 0 bridgehead atoms. The van der Waals surface area contributed by atoms with Crippen LogP contribution < -0.4 is 11.1 Å². The van der Waals surface area contributed by atoms with E-state index < -0.39 is 12.1 Å². The third-order valence-corrected chi connectivity index (χ3v) is 4.02. The third kappa shape index (κ3) is 7.42.